The van der Waals surface area contributed by atoms with Crippen molar-refractivity contribution in [2.75, 3.05) is 18.5 Å². The molecule has 15 heavy (non-hydrogen) atoms. The highest BCUT2D eigenvalue weighted by molar-refractivity contribution is 5.92. The molecule has 6 nitrogen and oxygen atoms in total. The molecule has 82 valence electrons. The van der Waals surface area contributed by atoms with E-state index in [1.54, 1.807) is 11.8 Å². The predicted octanol–water partition coefficient (Wildman–Crippen LogP) is -0.422. The van der Waals surface area contributed by atoms with Crippen LogP contribution in [-0.2, 0) is 0 Å². The Balaban J connectivity index is 2.75. The third kappa shape index (κ3) is 3.17. The molecule has 0 saturated carbocycles. The topological polar surface area (TPSA) is 99.1 Å². The molecule has 0 amide bonds. The van der Waals surface area contributed by atoms with Crippen molar-refractivity contribution < 1.29 is 5.11 Å². The normalized spacial score (nSPS) is 12.2. The number of hydrogen-bond acceptors (Lipinski definition) is 5. The minimum absolute atomic E-state index is 0.104. The molecule has 0 saturated heterocycles. The largest absolute Gasteiger partial charge is 0.392 e. The molecule has 1 aromatic rings. The molecule has 0 aliphatic heterocycles. The average molecular weight is 209 g/mol. The van der Waals surface area contributed by atoms with Crippen LogP contribution in [0.3, 0.4) is 0 Å². The number of rotatable bonds is 4. The number of aromatic nitrogens is 2. The minimum Gasteiger partial charge on any atom is -0.392 e. The van der Waals surface area contributed by atoms with E-state index in [4.69, 9.17) is 11.1 Å². The number of hydrogen-bond donors (Lipinski definition) is 3. The van der Waals surface area contributed by atoms with Crippen molar-refractivity contribution in [3.63, 3.8) is 0 Å². The Hall–Kier alpha value is -1.69. The molecule has 4 N–H and O–H groups in total. The molecule has 0 radical (unpaired) electrons. The molecule has 6 heteroatoms. The minimum atomic E-state index is -0.427. The third-order valence-corrected chi connectivity index (χ3v) is 1.84. The number of anilines is 1. The summed E-state index contributed by atoms with van der Waals surface area (Å²) in [5, 5.41) is 16.3. The zero-order valence-corrected chi connectivity index (χ0v) is 8.81. The maximum absolute atomic E-state index is 9.18. The summed E-state index contributed by atoms with van der Waals surface area (Å²) < 4.78 is 0. The van der Waals surface area contributed by atoms with Gasteiger partial charge in [0.05, 0.1) is 18.5 Å². The van der Waals surface area contributed by atoms with Gasteiger partial charge in [0.2, 0.25) is 0 Å². The molecule has 1 atom stereocenters. The lowest BCUT2D eigenvalue weighted by Crippen LogP contribution is -2.28. The van der Waals surface area contributed by atoms with Crippen LogP contribution in [-0.4, -0.2) is 40.6 Å². The van der Waals surface area contributed by atoms with E-state index < -0.39 is 6.10 Å². The van der Waals surface area contributed by atoms with E-state index in [-0.39, 0.29) is 5.84 Å². The number of amidine groups is 1. The van der Waals surface area contributed by atoms with Crippen molar-refractivity contribution in [1.82, 2.24) is 9.97 Å². The van der Waals surface area contributed by atoms with Crippen LogP contribution in [0.25, 0.3) is 0 Å². The zero-order valence-electron chi connectivity index (χ0n) is 8.81. The number of aliphatic hydroxyl groups excluding tert-OH is 1. The van der Waals surface area contributed by atoms with Crippen molar-refractivity contribution >= 4 is 11.7 Å². The van der Waals surface area contributed by atoms with E-state index in [0.717, 1.165) is 0 Å². The molecule has 0 bridgehead atoms. The highest BCUT2D eigenvalue weighted by Gasteiger charge is 2.06. The standard InChI is InChI=1S/C9H15N5O/c1-6(15)5-14(2)8-4-12-7(3-13-8)9(10)11/h3-4,6,15H,5H2,1-2H3,(H3,10,11). The lowest BCUT2D eigenvalue weighted by Gasteiger charge is -2.19. The van der Waals surface area contributed by atoms with E-state index in [1.807, 2.05) is 7.05 Å². The van der Waals surface area contributed by atoms with Crippen LogP contribution >= 0.6 is 0 Å². The van der Waals surface area contributed by atoms with Crippen LogP contribution in [0.15, 0.2) is 12.4 Å². The first-order valence-electron chi connectivity index (χ1n) is 4.56. The third-order valence-electron chi connectivity index (χ3n) is 1.84. The van der Waals surface area contributed by atoms with Crippen LogP contribution in [0.1, 0.15) is 12.6 Å². The van der Waals surface area contributed by atoms with Crippen LogP contribution < -0.4 is 10.6 Å². The maximum atomic E-state index is 9.18. The highest BCUT2D eigenvalue weighted by atomic mass is 16.3. The summed E-state index contributed by atoms with van der Waals surface area (Å²) >= 11 is 0. The van der Waals surface area contributed by atoms with Crippen LogP contribution in [0.4, 0.5) is 5.82 Å². The van der Waals surface area contributed by atoms with E-state index in [9.17, 15) is 5.11 Å². The van der Waals surface area contributed by atoms with Gasteiger partial charge in [0.15, 0.2) is 0 Å². The fraction of sp³-hybridized carbons (Fsp3) is 0.444. The van der Waals surface area contributed by atoms with E-state index in [2.05, 4.69) is 9.97 Å². The van der Waals surface area contributed by atoms with Gasteiger partial charge in [-0.15, -0.1) is 0 Å². The van der Waals surface area contributed by atoms with Crippen molar-refractivity contribution in [3.8, 4) is 0 Å². The first-order chi connectivity index (χ1) is 7.00. The van der Waals surface area contributed by atoms with E-state index in [0.29, 0.717) is 18.1 Å². The van der Waals surface area contributed by atoms with Gasteiger partial charge in [-0.05, 0) is 6.92 Å². The van der Waals surface area contributed by atoms with Gasteiger partial charge in [-0.3, -0.25) is 5.41 Å². The summed E-state index contributed by atoms with van der Waals surface area (Å²) in [6.45, 7) is 2.18. The summed E-state index contributed by atoms with van der Waals surface area (Å²) in [6.07, 6.45) is 2.54. The Labute approximate surface area is 88.3 Å². The molecule has 0 fully saturated rings. The smallest absolute Gasteiger partial charge is 0.146 e. The number of nitrogens with one attached hydrogen (secondary N) is 1. The average Bonchev–Trinajstić information content (AvgIpc) is 2.17. The number of nitrogen functional groups attached to an aromatic ring is 1. The summed E-state index contributed by atoms with van der Waals surface area (Å²) in [4.78, 5) is 9.83. The molecule has 0 spiro atoms. The van der Waals surface area contributed by atoms with Gasteiger partial charge in [-0.1, -0.05) is 0 Å². The van der Waals surface area contributed by atoms with Crippen molar-refractivity contribution in [1.29, 1.82) is 5.41 Å². The quantitative estimate of drug-likeness (QED) is 0.462. The maximum Gasteiger partial charge on any atom is 0.146 e. The molecule has 0 aromatic carbocycles. The lowest BCUT2D eigenvalue weighted by molar-refractivity contribution is 0.201. The Kier molecular flexibility index (Phi) is 3.56. The zero-order chi connectivity index (χ0) is 11.4. The molecule has 1 heterocycles. The highest BCUT2D eigenvalue weighted by Crippen LogP contribution is 2.06. The van der Waals surface area contributed by atoms with Gasteiger partial charge in [0.1, 0.15) is 17.3 Å². The lowest BCUT2D eigenvalue weighted by atomic mass is 10.3. The second kappa shape index (κ2) is 4.70. The summed E-state index contributed by atoms with van der Waals surface area (Å²) in [5.41, 5.74) is 5.60. The van der Waals surface area contributed by atoms with E-state index >= 15 is 0 Å². The number of likely N-dealkylation sites (N-methyl/N-ethyl adjacent to an activating group) is 1. The van der Waals surface area contributed by atoms with Crippen LogP contribution in [0.5, 0.6) is 0 Å². The van der Waals surface area contributed by atoms with Gasteiger partial charge < -0.3 is 15.7 Å². The fourth-order valence-electron chi connectivity index (χ4n) is 1.15. The van der Waals surface area contributed by atoms with E-state index in [1.165, 1.54) is 12.4 Å². The van der Waals surface area contributed by atoms with Crippen molar-refractivity contribution in [2.45, 2.75) is 13.0 Å². The van der Waals surface area contributed by atoms with Gasteiger partial charge in [0, 0.05) is 13.6 Å². The number of aliphatic hydroxyl groups is 1. The first-order valence-corrected chi connectivity index (χ1v) is 4.56. The SMILES string of the molecule is CC(O)CN(C)c1cnc(C(=N)N)cn1. The number of nitrogens with zero attached hydrogens (tertiary/aromatic N) is 3. The second-order valence-corrected chi connectivity index (χ2v) is 3.40. The monoisotopic (exact) mass is 209 g/mol. The Morgan fingerprint density at radius 3 is 2.67 bits per heavy atom. The molecular formula is C9H15N5O. The predicted molar refractivity (Wildman–Crippen MR) is 58.0 cm³/mol. The summed E-state index contributed by atoms with van der Waals surface area (Å²) in [6, 6.07) is 0. The molecule has 1 rings (SSSR count). The molecule has 1 unspecified atom stereocenters. The number of nitrogens with two attached hydrogens (primary N) is 1. The van der Waals surface area contributed by atoms with Crippen LogP contribution in [0, 0.1) is 5.41 Å². The van der Waals surface area contributed by atoms with Crippen molar-refractivity contribution in [3.05, 3.63) is 18.1 Å². The van der Waals surface area contributed by atoms with Crippen molar-refractivity contribution in [2.24, 2.45) is 5.73 Å². The van der Waals surface area contributed by atoms with Gasteiger partial charge in [-0.2, -0.15) is 0 Å². The Morgan fingerprint density at radius 1 is 1.60 bits per heavy atom. The fourth-order valence-corrected chi connectivity index (χ4v) is 1.15. The van der Waals surface area contributed by atoms with Gasteiger partial charge >= 0.3 is 0 Å². The first kappa shape index (κ1) is 11.4. The Bertz CT molecular complexity index is 335. The molecule has 1 aromatic heterocycles. The Morgan fingerprint density at radius 2 is 2.27 bits per heavy atom. The van der Waals surface area contributed by atoms with Crippen LogP contribution in [0.2, 0.25) is 0 Å². The van der Waals surface area contributed by atoms with Gasteiger partial charge in [-0.25, -0.2) is 9.97 Å². The summed E-state index contributed by atoms with van der Waals surface area (Å²) in [5.74, 6) is 0.535. The molecular weight excluding hydrogens is 194 g/mol. The molecule has 0 aliphatic rings. The molecule has 0 aliphatic carbocycles. The summed E-state index contributed by atoms with van der Waals surface area (Å²) in [7, 11) is 1.81. The van der Waals surface area contributed by atoms with Gasteiger partial charge in [0.25, 0.3) is 0 Å². The second-order valence-electron chi connectivity index (χ2n) is 3.40.